The SMILES string of the molecule is CCSc1ccc(C(=O)N2C[C@@H]3CCN(C)C[C@]3(C(=O)O)C2)s1. The summed E-state index contributed by atoms with van der Waals surface area (Å²) in [6.45, 7) is 4.40. The molecular weight excluding hydrogens is 332 g/mol. The van der Waals surface area contributed by atoms with Gasteiger partial charge in [-0.15, -0.1) is 23.1 Å². The van der Waals surface area contributed by atoms with E-state index in [1.54, 1.807) is 16.7 Å². The average Bonchev–Trinajstić information content (AvgIpc) is 3.11. The summed E-state index contributed by atoms with van der Waals surface area (Å²) in [5, 5.41) is 9.80. The van der Waals surface area contributed by atoms with E-state index in [1.165, 1.54) is 11.3 Å². The molecule has 0 aromatic carbocycles. The van der Waals surface area contributed by atoms with E-state index in [1.807, 2.05) is 19.2 Å². The summed E-state index contributed by atoms with van der Waals surface area (Å²) in [5.74, 6) is 0.256. The van der Waals surface area contributed by atoms with Gasteiger partial charge in [0, 0.05) is 19.6 Å². The van der Waals surface area contributed by atoms with Crippen LogP contribution >= 0.6 is 23.1 Å². The predicted octanol–water partition coefficient (Wildman–Crippen LogP) is 2.34. The van der Waals surface area contributed by atoms with E-state index in [0.29, 0.717) is 24.5 Å². The molecule has 126 valence electrons. The van der Waals surface area contributed by atoms with E-state index < -0.39 is 11.4 Å². The van der Waals surface area contributed by atoms with Gasteiger partial charge in [0.2, 0.25) is 0 Å². The fourth-order valence-electron chi connectivity index (χ4n) is 3.73. The zero-order chi connectivity index (χ0) is 16.6. The van der Waals surface area contributed by atoms with Crippen molar-refractivity contribution in [3.8, 4) is 0 Å². The lowest BCUT2D eigenvalue weighted by Crippen LogP contribution is -2.52. The second-order valence-corrected chi connectivity index (χ2v) is 9.07. The Morgan fingerprint density at radius 3 is 2.91 bits per heavy atom. The highest BCUT2D eigenvalue weighted by Crippen LogP contribution is 2.43. The third-order valence-corrected chi connectivity index (χ3v) is 7.08. The van der Waals surface area contributed by atoms with Crippen LogP contribution in [-0.4, -0.2) is 65.8 Å². The molecule has 0 saturated carbocycles. The van der Waals surface area contributed by atoms with Gasteiger partial charge in [-0.3, -0.25) is 9.59 Å². The van der Waals surface area contributed by atoms with Crippen molar-refractivity contribution in [2.24, 2.45) is 11.3 Å². The second-order valence-electron chi connectivity index (χ2n) is 6.42. The zero-order valence-electron chi connectivity index (χ0n) is 13.4. The number of thiophene rings is 1. The van der Waals surface area contributed by atoms with Gasteiger partial charge in [-0.05, 0) is 43.8 Å². The van der Waals surface area contributed by atoms with Crippen molar-refractivity contribution >= 4 is 35.0 Å². The standard InChI is InChI=1S/C16H22N2O3S2/c1-3-22-13-5-4-12(23-13)14(19)18-8-11-6-7-17(2)9-16(11,10-18)15(20)21/h4-5,11H,3,6-10H2,1-2H3,(H,20,21)/t11-,16-/m0/s1. The fourth-order valence-corrected chi connectivity index (χ4v) is 5.75. The molecule has 2 aliphatic rings. The van der Waals surface area contributed by atoms with Crippen molar-refractivity contribution in [2.45, 2.75) is 17.6 Å². The Hall–Kier alpha value is -1.05. The molecule has 7 heteroatoms. The number of fused-ring (bicyclic) bond motifs is 1. The van der Waals surface area contributed by atoms with Crippen LogP contribution in [0.25, 0.3) is 0 Å². The van der Waals surface area contributed by atoms with Crippen molar-refractivity contribution < 1.29 is 14.7 Å². The molecule has 0 aliphatic carbocycles. The number of nitrogens with zero attached hydrogens (tertiary/aromatic N) is 2. The van der Waals surface area contributed by atoms with E-state index in [0.717, 1.165) is 22.9 Å². The average molecular weight is 354 g/mol. The molecule has 0 unspecified atom stereocenters. The van der Waals surface area contributed by atoms with Crippen LogP contribution in [-0.2, 0) is 4.79 Å². The van der Waals surface area contributed by atoms with Gasteiger partial charge in [-0.2, -0.15) is 0 Å². The number of likely N-dealkylation sites (tertiary alicyclic amines) is 2. The van der Waals surface area contributed by atoms with Gasteiger partial charge in [0.25, 0.3) is 5.91 Å². The molecule has 1 amide bonds. The molecule has 1 aromatic rings. The first-order valence-electron chi connectivity index (χ1n) is 7.90. The molecule has 23 heavy (non-hydrogen) atoms. The van der Waals surface area contributed by atoms with Crippen molar-refractivity contribution in [1.29, 1.82) is 0 Å². The Morgan fingerprint density at radius 1 is 1.43 bits per heavy atom. The lowest BCUT2D eigenvalue weighted by atomic mass is 9.73. The number of hydrogen-bond acceptors (Lipinski definition) is 5. The highest BCUT2D eigenvalue weighted by atomic mass is 32.2. The molecule has 0 spiro atoms. The smallest absolute Gasteiger partial charge is 0.313 e. The lowest BCUT2D eigenvalue weighted by molar-refractivity contribution is -0.153. The molecule has 0 radical (unpaired) electrons. The number of carboxylic acid groups (broad SMARTS) is 1. The molecule has 2 saturated heterocycles. The van der Waals surface area contributed by atoms with Gasteiger partial charge in [0.1, 0.15) is 5.41 Å². The molecule has 5 nitrogen and oxygen atoms in total. The molecule has 1 aromatic heterocycles. The zero-order valence-corrected chi connectivity index (χ0v) is 15.1. The molecule has 2 aliphatic heterocycles. The summed E-state index contributed by atoms with van der Waals surface area (Å²) in [6.07, 6.45) is 0.841. The van der Waals surface area contributed by atoms with Gasteiger partial charge < -0.3 is 14.9 Å². The van der Waals surface area contributed by atoms with Gasteiger partial charge >= 0.3 is 5.97 Å². The number of piperidine rings is 1. The van der Waals surface area contributed by atoms with E-state index in [2.05, 4.69) is 11.8 Å². The largest absolute Gasteiger partial charge is 0.481 e. The Kier molecular flexibility index (Phi) is 4.71. The summed E-state index contributed by atoms with van der Waals surface area (Å²) in [7, 11) is 1.96. The molecule has 1 N–H and O–H groups in total. The first-order valence-corrected chi connectivity index (χ1v) is 9.70. The summed E-state index contributed by atoms with van der Waals surface area (Å²) >= 11 is 3.24. The second kappa shape index (κ2) is 6.45. The number of thioether (sulfide) groups is 1. The van der Waals surface area contributed by atoms with Crippen LogP contribution in [0, 0.1) is 11.3 Å². The molecule has 2 fully saturated rings. The van der Waals surface area contributed by atoms with Crippen molar-refractivity contribution in [1.82, 2.24) is 9.80 Å². The maximum Gasteiger partial charge on any atom is 0.313 e. The Labute approximate surface area is 144 Å². The molecule has 2 atom stereocenters. The number of rotatable bonds is 4. The van der Waals surface area contributed by atoms with E-state index in [4.69, 9.17) is 0 Å². The van der Waals surface area contributed by atoms with Crippen LogP contribution in [0.5, 0.6) is 0 Å². The minimum Gasteiger partial charge on any atom is -0.481 e. The lowest BCUT2D eigenvalue weighted by Gasteiger charge is -2.39. The third kappa shape index (κ3) is 3.02. The number of carbonyl (C=O) groups is 2. The van der Waals surface area contributed by atoms with Crippen LogP contribution < -0.4 is 0 Å². The number of carbonyl (C=O) groups excluding carboxylic acids is 1. The number of amides is 1. The first-order chi connectivity index (χ1) is 11.0. The molecule has 3 heterocycles. The van der Waals surface area contributed by atoms with E-state index in [9.17, 15) is 14.7 Å². The van der Waals surface area contributed by atoms with Crippen LogP contribution in [0.15, 0.2) is 16.3 Å². The Bertz CT molecular complexity index is 618. The van der Waals surface area contributed by atoms with E-state index >= 15 is 0 Å². The summed E-state index contributed by atoms with van der Waals surface area (Å²) in [4.78, 5) is 29.2. The number of carboxylic acids is 1. The number of aliphatic carboxylic acids is 1. The fraction of sp³-hybridized carbons (Fsp3) is 0.625. The minimum absolute atomic E-state index is 0.0179. The maximum absolute atomic E-state index is 12.8. The highest BCUT2D eigenvalue weighted by molar-refractivity contribution is 8.01. The van der Waals surface area contributed by atoms with Crippen LogP contribution in [0.3, 0.4) is 0 Å². The topological polar surface area (TPSA) is 60.9 Å². The first kappa shape index (κ1) is 16.8. The minimum atomic E-state index is -0.805. The molecule has 3 rings (SSSR count). The predicted molar refractivity (Wildman–Crippen MR) is 92.3 cm³/mol. The van der Waals surface area contributed by atoms with Gasteiger partial charge in [0.05, 0.1) is 9.09 Å². The Balaban J connectivity index is 1.79. The van der Waals surface area contributed by atoms with Gasteiger partial charge in [-0.25, -0.2) is 0 Å². The van der Waals surface area contributed by atoms with Gasteiger partial charge in [-0.1, -0.05) is 6.92 Å². The van der Waals surface area contributed by atoms with Crippen molar-refractivity contribution in [3.63, 3.8) is 0 Å². The maximum atomic E-state index is 12.8. The number of hydrogen-bond donors (Lipinski definition) is 1. The highest BCUT2D eigenvalue weighted by Gasteiger charge is 2.55. The molecule has 0 bridgehead atoms. The summed E-state index contributed by atoms with van der Waals surface area (Å²) < 4.78 is 1.14. The van der Waals surface area contributed by atoms with E-state index in [-0.39, 0.29) is 11.8 Å². The Morgan fingerprint density at radius 2 is 2.22 bits per heavy atom. The van der Waals surface area contributed by atoms with Crippen molar-refractivity contribution in [3.05, 3.63) is 17.0 Å². The third-order valence-electron chi connectivity index (χ3n) is 4.90. The monoisotopic (exact) mass is 354 g/mol. The summed E-state index contributed by atoms with van der Waals surface area (Å²) in [5.41, 5.74) is -0.805. The quantitative estimate of drug-likeness (QED) is 0.841. The van der Waals surface area contributed by atoms with Crippen LogP contribution in [0.1, 0.15) is 23.0 Å². The van der Waals surface area contributed by atoms with Crippen LogP contribution in [0.2, 0.25) is 0 Å². The molecular formula is C16H22N2O3S2. The van der Waals surface area contributed by atoms with Crippen molar-refractivity contribution in [2.75, 3.05) is 39.0 Å². The van der Waals surface area contributed by atoms with Gasteiger partial charge in [0.15, 0.2) is 0 Å². The normalized spacial score (nSPS) is 27.9. The summed E-state index contributed by atoms with van der Waals surface area (Å²) in [6, 6.07) is 3.85. The van der Waals surface area contributed by atoms with Crippen LogP contribution in [0.4, 0.5) is 0 Å².